The number of rotatable bonds is 7. The summed E-state index contributed by atoms with van der Waals surface area (Å²) in [7, 11) is 0. The molecule has 0 saturated carbocycles. The van der Waals surface area contributed by atoms with Gasteiger partial charge in [-0.05, 0) is 19.8 Å². The van der Waals surface area contributed by atoms with E-state index < -0.39 is 5.92 Å². The molecule has 1 unspecified atom stereocenters. The molecule has 4 nitrogen and oxygen atoms in total. The maximum atomic E-state index is 11.1. The largest absolute Gasteiger partial charge is 0.381 e. The zero-order valence-electron chi connectivity index (χ0n) is 8.88. The number of hydrogen-bond donors (Lipinski definition) is 1. The summed E-state index contributed by atoms with van der Waals surface area (Å²) in [6.45, 7) is 5.64. The van der Waals surface area contributed by atoms with Crippen molar-refractivity contribution in [1.82, 2.24) is 5.32 Å². The summed E-state index contributed by atoms with van der Waals surface area (Å²) in [5, 5.41) is 11.1. The van der Waals surface area contributed by atoms with Crippen LogP contribution in [0.2, 0.25) is 0 Å². The van der Waals surface area contributed by atoms with E-state index in [0.717, 1.165) is 19.4 Å². The van der Waals surface area contributed by atoms with Crippen molar-refractivity contribution in [2.24, 2.45) is 5.92 Å². The molecule has 0 bridgehead atoms. The van der Waals surface area contributed by atoms with E-state index in [9.17, 15) is 4.79 Å². The molecular weight excluding hydrogens is 180 g/mol. The lowest BCUT2D eigenvalue weighted by atomic mass is 10.2. The average Bonchev–Trinajstić information content (AvgIpc) is 2.21. The van der Waals surface area contributed by atoms with Crippen molar-refractivity contribution >= 4 is 5.91 Å². The van der Waals surface area contributed by atoms with Gasteiger partial charge in [-0.15, -0.1) is 0 Å². The van der Waals surface area contributed by atoms with Crippen molar-refractivity contribution in [2.45, 2.75) is 26.7 Å². The highest BCUT2D eigenvalue weighted by Crippen LogP contribution is 1.91. The van der Waals surface area contributed by atoms with Gasteiger partial charge in [0, 0.05) is 19.8 Å². The highest BCUT2D eigenvalue weighted by Gasteiger charge is 2.09. The second-order valence-corrected chi connectivity index (χ2v) is 3.11. The molecule has 0 aromatic rings. The van der Waals surface area contributed by atoms with Crippen LogP contribution in [0.25, 0.3) is 0 Å². The molecular formula is C10H18N2O2. The van der Waals surface area contributed by atoms with Crippen LogP contribution < -0.4 is 5.32 Å². The second kappa shape index (κ2) is 8.52. The number of carbonyl (C=O) groups is 1. The van der Waals surface area contributed by atoms with Crippen molar-refractivity contribution in [1.29, 1.82) is 5.26 Å². The fourth-order valence-electron chi connectivity index (χ4n) is 0.844. The zero-order valence-corrected chi connectivity index (χ0v) is 8.88. The van der Waals surface area contributed by atoms with Crippen molar-refractivity contribution < 1.29 is 9.53 Å². The van der Waals surface area contributed by atoms with E-state index >= 15 is 0 Å². The van der Waals surface area contributed by atoms with Crippen LogP contribution in [0.4, 0.5) is 0 Å². The first-order chi connectivity index (χ1) is 6.72. The number of ether oxygens (including phenoxy) is 1. The standard InChI is InChI=1S/C10H18N2O2/c1-3-6-14-7-4-5-12-10(13)9(2)8-11/h9H,3-7H2,1-2H3,(H,12,13). The SMILES string of the molecule is CCCOCCCNC(=O)C(C)C#N. The molecule has 1 N–H and O–H groups in total. The topological polar surface area (TPSA) is 62.1 Å². The number of hydrogen-bond acceptors (Lipinski definition) is 3. The minimum absolute atomic E-state index is 0.206. The zero-order chi connectivity index (χ0) is 10.8. The van der Waals surface area contributed by atoms with Gasteiger partial charge in [0.15, 0.2) is 0 Å². The van der Waals surface area contributed by atoms with Crippen LogP contribution in [0.5, 0.6) is 0 Å². The smallest absolute Gasteiger partial charge is 0.237 e. The second-order valence-electron chi connectivity index (χ2n) is 3.11. The quantitative estimate of drug-likeness (QED) is 0.623. The van der Waals surface area contributed by atoms with E-state index in [1.54, 1.807) is 6.92 Å². The molecule has 0 aliphatic rings. The monoisotopic (exact) mass is 198 g/mol. The Morgan fingerprint density at radius 2 is 2.29 bits per heavy atom. The van der Waals surface area contributed by atoms with Crippen LogP contribution in [0.3, 0.4) is 0 Å². The Morgan fingerprint density at radius 3 is 2.86 bits per heavy atom. The highest BCUT2D eigenvalue weighted by molar-refractivity contribution is 5.80. The first-order valence-corrected chi connectivity index (χ1v) is 4.97. The lowest BCUT2D eigenvalue weighted by molar-refractivity contribution is -0.122. The van der Waals surface area contributed by atoms with E-state index in [1.165, 1.54) is 0 Å². The average molecular weight is 198 g/mol. The summed E-state index contributed by atoms with van der Waals surface area (Å²) in [6, 6.07) is 1.88. The number of nitriles is 1. The van der Waals surface area contributed by atoms with Crippen molar-refractivity contribution in [3.05, 3.63) is 0 Å². The Balaban J connectivity index is 3.28. The molecule has 0 aromatic heterocycles. The minimum Gasteiger partial charge on any atom is -0.381 e. The molecule has 1 amide bonds. The van der Waals surface area contributed by atoms with E-state index in [4.69, 9.17) is 10.00 Å². The minimum atomic E-state index is -0.563. The molecule has 4 heteroatoms. The maximum Gasteiger partial charge on any atom is 0.237 e. The Kier molecular flexibility index (Phi) is 7.86. The molecule has 0 fully saturated rings. The summed E-state index contributed by atoms with van der Waals surface area (Å²) in [5.41, 5.74) is 0. The molecule has 1 atom stereocenters. The molecule has 0 aliphatic heterocycles. The van der Waals surface area contributed by atoms with Crippen LogP contribution >= 0.6 is 0 Å². The third kappa shape index (κ3) is 6.44. The van der Waals surface area contributed by atoms with E-state index in [0.29, 0.717) is 13.2 Å². The fraction of sp³-hybridized carbons (Fsp3) is 0.800. The Labute approximate surface area is 85.2 Å². The van der Waals surface area contributed by atoms with Crippen molar-refractivity contribution in [2.75, 3.05) is 19.8 Å². The fourth-order valence-corrected chi connectivity index (χ4v) is 0.844. The molecule has 14 heavy (non-hydrogen) atoms. The normalized spacial score (nSPS) is 11.8. The summed E-state index contributed by atoms with van der Waals surface area (Å²) in [4.78, 5) is 11.1. The first-order valence-electron chi connectivity index (χ1n) is 4.97. The lowest BCUT2D eigenvalue weighted by Crippen LogP contribution is -2.29. The van der Waals surface area contributed by atoms with Crippen molar-refractivity contribution in [3.8, 4) is 6.07 Å². The number of amides is 1. The summed E-state index contributed by atoms with van der Waals surface area (Å²) >= 11 is 0. The van der Waals surface area contributed by atoms with Crippen molar-refractivity contribution in [3.63, 3.8) is 0 Å². The van der Waals surface area contributed by atoms with E-state index in [2.05, 4.69) is 12.2 Å². The van der Waals surface area contributed by atoms with Crippen LogP contribution in [-0.4, -0.2) is 25.7 Å². The van der Waals surface area contributed by atoms with Crippen LogP contribution in [0, 0.1) is 17.2 Å². The number of nitrogens with one attached hydrogen (secondary N) is 1. The van der Waals surface area contributed by atoms with Gasteiger partial charge in [-0.3, -0.25) is 4.79 Å². The van der Waals surface area contributed by atoms with E-state index in [-0.39, 0.29) is 5.91 Å². The predicted octanol–water partition coefficient (Wildman–Crippen LogP) is 1.08. The van der Waals surface area contributed by atoms with Crippen LogP contribution in [0.15, 0.2) is 0 Å². The number of nitrogens with zero attached hydrogens (tertiary/aromatic N) is 1. The third-order valence-corrected chi connectivity index (χ3v) is 1.70. The first kappa shape index (κ1) is 12.9. The molecule has 0 aliphatic carbocycles. The van der Waals surface area contributed by atoms with Crippen LogP contribution in [-0.2, 0) is 9.53 Å². The van der Waals surface area contributed by atoms with Gasteiger partial charge in [0.05, 0.1) is 6.07 Å². The van der Waals surface area contributed by atoms with Gasteiger partial charge in [-0.25, -0.2) is 0 Å². The predicted molar refractivity (Wildman–Crippen MR) is 53.5 cm³/mol. The summed E-state index contributed by atoms with van der Waals surface area (Å²) in [6.07, 6.45) is 1.81. The molecule has 0 rings (SSSR count). The highest BCUT2D eigenvalue weighted by atomic mass is 16.5. The van der Waals surface area contributed by atoms with E-state index in [1.807, 2.05) is 6.07 Å². The number of carbonyl (C=O) groups excluding carboxylic acids is 1. The Bertz CT molecular complexity index is 199. The third-order valence-electron chi connectivity index (χ3n) is 1.70. The molecule has 0 aromatic carbocycles. The van der Waals surface area contributed by atoms with Gasteiger partial charge < -0.3 is 10.1 Å². The molecule has 0 saturated heterocycles. The Morgan fingerprint density at radius 1 is 1.57 bits per heavy atom. The van der Waals surface area contributed by atoms with Gasteiger partial charge in [-0.2, -0.15) is 5.26 Å². The van der Waals surface area contributed by atoms with Gasteiger partial charge in [0.25, 0.3) is 0 Å². The molecule has 0 radical (unpaired) electrons. The van der Waals surface area contributed by atoms with Gasteiger partial charge >= 0.3 is 0 Å². The molecule has 0 spiro atoms. The van der Waals surface area contributed by atoms with Gasteiger partial charge in [-0.1, -0.05) is 6.92 Å². The van der Waals surface area contributed by atoms with Gasteiger partial charge in [0.2, 0.25) is 5.91 Å². The van der Waals surface area contributed by atoms with Crippen LogP contribution in [0.1, 0.15) is 26.7 Å². The Hall–Kier alpha value is -1.08. The summed E-state index contributed by atoms with van der Waals surface area (Å²) in [5.74, 6) is -0.769. The molecule has 80 valence electrons. The van der Waals surface area contributed by atoms with Gasteiger partial charge in [0.1, 0.15) is 5.92 Å². The maximum absolute atomic E-state index is 11.1. The summed E-state index contributed by atoms with van der Waals surface area (Å²) < 4.78 is 5.24. The lowest BCUT2D eigenvalue weighted by Gasteiger charge is -2.06. The molecule has 0 heterocycles.